The highest BCUT2D eigenvalue weighted by atomic mass is 14.9. The molecule has 0 aromatic heterocycles. The molecule has 0 rings (SSSR count). The van der Waals surface area contributed by atoms with Crippen LogP contribution in [0.3, 0.4) is 0 Å². The van der Waals surface area contributed by atoms with Crippen molar-refractivity contribution >= 4 is 0 Å². The number of nitrogens with one attached hydrogen (secondary N) is 1. The van der Waals surface area contributed by atoms with Crippen molar-refractivity contribution in [3.05, 3.63) is 6.92 Å². The summed E-state index contributed by atoms with van der Waals surface area (Å²) in [5.41, 5.74) is 0. The maximum Gasteiger partial charge on any atom is 0.00103 e. The lowest BCUT2D eigenvalue weighted by Gasteiger charge is -2.07. The Morgan fingerprint density at radius 2 is 1.19 bits per heavy atom. The summed E-state index contributed by atoms with van der Waals surface area (Å²) < 4.78 is 0. The van der Waals surface area contributed by atoms with Crippen LogP contribution in [-0.4, -0.2) is 12.6 Å². The van der Waals surface area contributed by atoms with Crippen molar-refractivity contribution in [3.63, 3.8) is 0 Å². The Balaban J connectivity index is 2.88. The van der Waals surface area contributed by atoms with Crippen LogP contribution >= 0.6 is 0 Å². The van der Waals surface area contributed by atoms with E-state index in [1.165, 1.54) is 64.3 Å². The Hall–Kier alpha value is -0.0400. The summed E-state index contributed by atoms with van der Waals surface area (Å²) >= 11 is 0. The van der Waals surface area contributed by atoms with Crippen molar-refractivity contribution in [1.29, 1.82) is 0 Å². The number of hydrogen-bond donors (Lipinski definition) is 1. The summed E-state index contributed by atoms with van der Waals surface area (Å²) in [6.07, 6.45) is 13.7. The average molecular weight is 226 g/mol. The zero-order chi connectivity index (χ0) is 12.1. The largest absolute Gasteiger partial charge is 0.315 e. The lowest BCUT2D eigenvalue weighted by Crippen LogP contribution is -2.23. The molecule has 0 spiro atoms. The quantitative estimate of drug-likeness (QED) is 0.475. The number of unbranched alkanes of at least 4 members (excludes halogenated alkanes) is 9. The molecule has 97 valence electrons. The van der Waals surface area contributed by atoms with E-state index in [4.69, 9.17) is 0 Å². The van der Waals surface area contributed by atoms with E-state index in [9.17, 15) is 0 Å². The van der Waals surface area contributed by atoms with E-state index >= 15 is 0 Å². The van der Waals surface area contributed by atoms with E-state index < -0.39 is 0 Å². The molecule has 0 aromatic rings. The number of hydrogen-bond acceptors (Lipinski definition) is 1. The normalized spacial score (nSPS) is 11.2. The minimum absolute atomic E-state index is 0.646. The fourth-order valence-corrected chi connectivity index (χ4v) is 1.93. The standard InChI is InChI=1S/C15H32N/c1-4-5-6-7-8-9-10-11-12-13-14-16-15(2)3/h15-16H,1,4-14H2,2-3H3. The van der Waals surface area contributed by atoms with Crippen LogP contribution < -0.4 is 5.32 Å². The Morgan fingerprint density at radius 1 is 0.750 bits per heavy atom. The van der Waals surface area contributed by atoms with Crippen LogP contribution in [-0.2, 0) is 0 Å². The van der Waals surface area contributed by atoms with Gasteiger partial charge < -0.3 is 5.32 Å². The van der Waals surface area contributed by atoms with E-state index in [1.54, 1.807) is 0 Å². The van der Waals surface area contributed by atoms with Crippen molar-refractivity contribution in [3.8, 4) is 0 Å². The Morgan fingerprint density at radius 3 is 1.62 bits per heavy atom. The van der Waals surface area contributed by atoms with E-state index in [0.717, 1.165) is 6.42 Å². The van der Waals surface area contributed by atoms with Gasteiger partial charge in [-0.05, 0) is 13.0 Å². The van der Waals surface area contributed by atoms with Gasteiger partial charge in [-0.2, -0.15) is 0 Å². The second kappa shape index (κ2) is 13.0. The molecule has 0 heterocycles. The molecule has 1 radical (unpaired) electrons. The second-order valence-electron chi connectivity index (χ2n) is 5.14. The average Bonchev–Trinajstić information content (AvgIpc) is 2.25. The molecular weight excluding hydrogens is 194 g/mol. The highest BCUT2D eigenvalue weighted by Crippen LogP contribution is 2.10. The van der Waals surface area contributed by atoms with Crippen LogP contribution in [0, 0.1) is 6.92 Å². The highest BCUT2D eigenvalue weighted by Gasteiger charge is 1.93. The van der Waals surface area contributed by atoms with Gasteiger partial charge in [-0.15, -0.1) is 0 Å². The Kier molecular flexibility index (Phi) is 13.0. The smallest absolute Gasteiger partial charge is 0.00103 e. The van der Waals surface area contributed by atoms with Crippen molar-refractivity contribution in [1.82, 2.24) is 5.32 Å². The third kappa shape index (κ3) is 14.0. The predicted octanol–water partition coefficient (Wildman–Crippen LogP) is 4.72. The van der Waals surface area contributed by atoms with Gasteiger partial charge in [0.2, 0.25) is 0 Å². The van der Waals surface area contributed by atoms with Crippen LogP contribution in [0.15, 0.2) is 0 Å². The third-order valence-electron chi connectivity index (χ3n) is 2.98. The van der Waals surface area contributed by atoms with Crippen LogP contribution in [0.2, 0.25) is 0 Å². The van der Waals surface area contributed by atoms with Gasteiger partial charge >= 0.3 is 0 Å². The summed E-state index contributed by atoms with van der Waals surface area (Å²) in [6.45, 7) is 9.49. The lowest BCUT2D eigenvalue weighted by molar-refractivity contribution is 0.524. The lowest BCUT2D eigenvalue weighted by atomic mass is 10.1. The molecule has 16 heavy (non-hydrogen) atoms. The van der Waals surface area contributed by atoms with E-state index in [-0.39, 0.29) is 0 Å². The molecule has 0 aliphatic rings. The van der Waals surface area contributed by atoms with Crippen LogP contribution in [0.4, 0.5) is 0 Å². The van der Waals surface area contributed by atoms with Crippen molar-refractivity contribution < 1.29 is 0 Å². The summed E-state index contributed by atoms with van der Waals surface area (Å²) in [7, 11) is 0. The molecule has 0 saturated carbocycles. The first-order chi connectivity index (χ1) is 7.77. The Bertz CT molecular complexity index is 121. The fraction of sp³-hybridized carbons (Fsp3) is 0.933. The molecule has 0 saturated heterocycles. The number of rotatable bonds is 12. The summed E-state index contributed by atoms with van der Waals surface area (Å²) in [4.78, 5) is 0. The first-order valence-corrected chi connectivity index (χ1v) is 7.30. The van der Waals surface area contributed by atoms with Crippen molar-refractivity contribution in [2.45, 2.75) is 84.1 Å². The Labute approximate surface area is 103 Å². The van der Waals surface area contributed by atoms with Crippen LogP contribution in [0.1, 0.15) is 78.1 Å². The molecular formula is C15H32N. The van der Waals surface area contributed by atoms with Gasteiger partial charge in [0.05, 0.1) is 0 Å². The zero-order valence-corrected chi connectivity index (χ0v) is 11.6. The second-order valence-corrected chi connectivity index (χ2v) is 5.14. The van der Waals surface area contributed by atoms with E-state index in [2.05, 4.69) is 26.1 Å². The topological polar surface area (TPSA) is 12.0 Å². The minimum Gasteiger partial charge on any atom is -0.315 e. The first-order valence-electron chi connectivity index (χ1n) is 7.30. The summed E-state index contributed by atoms with van der Waals surface area (Å²) in [5, 5.41) is 3.46. The van der Waals surface area contributed by atoms with Crippen LogP contribution in [0.5, 0.6) is 0 Å². The van der Waals surface area contributed by atoms with Crippen LogP contribution in [0.25, 0.3) is 0 Å². The molecule has 0 aliphatic heterocycles. The molecule has 0 bridgehead atoms. The van der Waals surface area contributed by atoms with Crippen molar-refractivity contribution in [2.24, 2.45) is 0 Å². The van der Waals surface area contributed by atoms with Gasteiger partial charge in [-0.3, -0.25) is 0 Å². The maximum atomic E-state index is 3.87. The summed E-state index contributed by atoms with van der Waals surface area (Å²) in [6, 6.07) is 0.646. The van der Waals surface area contributed by atoms with Gasteiger partial charge in [0.15, 0.2) is 0 Å². The minimum atomic E-state index is 0.646. The highest BCUT2D eigenvalue weighted by molar-refractivity contribution is 4.53. The van der Waals surface area contributed by atoms with Gasteiger partial charge in [-0.1, -0.05) is 78.6 Å². The van der Waals surface area contributed by atoms with E-state index in [1.807, 2.05) is 0 Å². The molecule has 0 amide bonds. The molecule has 0 aromatic carbocycles. The first kappa shape index (κ1) is 16.0. The molecule has 0 unspecified atom stereocenters. The summed E-state index contributed by atoms with van der Waals surface area (Å²) in [5.74, 6) is 0. The molecule has 0 atom stereocenters. The van der Waals surface area contributed by atoms with Gasteiger partial charge in [0.1, 0.15) is 0 Å². The van der Waals surface area contributed by atoms with Gasteiger partial charge in [0.25, 0.3) is 0 Å². The third-order valence-corrected chi connectivity index (χ3v) is 2.98. The predicted molar refractivity (Wildman–Crippen MR) is 74.7 cm³/mol. The van der Waals surface area contributed by atoms with Crippen molar-refractivity contribution in [2.75, 3.05) is 6.54 Å². The fourth-order valence-electron chi connectivity index (χ4n) is 1.93. The van der Waals surface area contributed by atoms with Gasteiger partial charge in [0, 0.05) is 6.04 Å². The molecule has 1 nitrogen and oxygen atoms in total. The maximum absolute atomic E-state index is 3.87. The molecule has 0 fully saturated rings. The molecule has 1 N–H and O–H groups in total. The monoisotopic (exact) mass is 226 g/mol. The van der Waals surface area contributed by atoms with E-state index in [0.29, 0.717) is 6.04 Å². The zero-order valence-electron chi connectivity index (χ0n) is 11.6. The SMILES string of the molecule is [CH2]CCCCCCCCCCCNC(C)C. The van der Waals surface area contributed by atoms with Gasteiger partial charge in [-0.25, -0.2) is 0 Å². The molecule has 1 heteroatoms. The molecule has 0 aliphatic carbocycles.